The minimum atomic E-state index is -3.10. The molecule has 0 fully saturated rings. The Balaban J connectivity index is 4.78. The van der Waals surface area contributed by atoms with Gasteiger partial charge in [0.2, 0.25) is 5.91 Å². The van der Waals surface area contributed by atoms with E-state index in [1.54, 1.807) is 20.9 Å². The Morgan fingerprint density at radius 3 is 2.21 bits per heavy atom. The van der Waals surface area contributed by atoms with E-state index in [-0.39, 0.29) is 11.7 Å². The summed E-state index contributed by atoms with van der Waals surface area (Å²) in [6.07, 6.45) is 2.32. The predicted octanol–water partition coefficient (Wildman–Crippen LogP) is 0.454. The van der Waals surface area contributed by atoms with E-state index in [9.17, 15) is 13.2 Å². The van der Waals surface area contributed by atoms with Gasteiger partial charge in [0, 0.05) is 13.3 Å². The molecule has 1 amide bonds. The molecule has 0 aliphatic rings. The third kappa shape index (κ3) is 3.91. The lowest BCUT2D eigenvalue weighted by atomic mass is 10.1. The molecule has 0 radical (unpaired) electrons. The van der Waals surface area contributed by atoms with E-state index >= 15 is 0 Å². The zero-order valence-electron chi connectivity index (χ0n) is 9.07. The number of hydrogen-bond donors (Lipinski definition) is 0. The van der Waals surface area contributed by atoms with Crippen LogP contribution in [0.2, 0.25) is 0 Å². The topological polar surface area (TPSA) is 54.5 Å². The van der Waals surface area contributed by atoms with Gasteiger partial charge in [-0.1, -0.05) is 6.58 Å². The molecule has 82 valence electrons. The first-order valence-corrected chi connectivity index (χ1v) is 6.24. The number of rotatable bonds is 4. The highest BCUT2D eigenvalue weighted by atomic mass is 32.2. The summed E-state index contributed by atoms with van der Waals surface area (Å²) >= 11 is 0. The second kappa shape index (κ2) is 4.13. The van der Waals surface area contributed by atoms with Crippen molar-refractivity contribution in [2.24, 2.45) is 0 Å². The molecule has 0 spiro atoms. The zero-order chi connectivity index (χ0) is 11.6. The Kier molecular flexibility index (Phi) is 3.88. The smallest absolute Gasteiger partial charge is 0.246 e. The first-order valence-electron chi connectivity index (χ1n) is 4.18. The minimum absolute atomic E-state index is 0.0594. The molecule has 0 aromatic heterocycles. The van der Waals surface area contributed by atoms with Gasteiger partial charge in [-0.2, -0.15) is 0 Å². The fourth-order valence-electron chi connectivity index (χ4n) is 1.17. The van der Waals surface area contributed by atoms with Crippen LogP contribution in [0, 0.1) is 0 Å². The van der Waals surface area contributed by atoms with Crippen molar-refractivity contribution in [3.8, 4) is 0 Å². The summed E-state index contributed by atoms with van der Waals surface area (Å²) in [5, 5.41) is 0. The van der Waals surface area contributed by atoms with Gasteiger partial charge in [0.25, 0.3) is 0 Å². The monoisotopic (exact) mass is 219 g/mol. The predicted molar refractivity (Wildman–Crippen MR) is 56.8 cm³/mol. The average molecular weight is 219 g/mol. The molecule has 0 rings (SSSR count). The largest absolute Gasteiger partial charge is 0.336 e. The molecule has 0 N–H and O–H groups in total. The lowest BCUT2D eigenvalue weighted by Crippen LogP contribution is -2.48. The maximum Gasteiger partial charge on any atom is 0.246 e. The van der Waals surface area contributed by atoms with Crippen LogP contribution in [0.1, 0.15) is 13.8 Å². The normalized spacial score (nSPS) is 12.3. The molecule has 0 saturated carbocycles. The van der Waals surface area contributed by atoms with Crippen LogP contribution in [0.5, 0.6) is 0 Å². The number of carbonyl (C=O) groups is 1. The van der Waals surface area contributed by atoms with E-state index < -0.39 is 15.4 Å². The molecule has 14 heavy (non-hydrogen) atoms. The van der Waals surface area contributed by atoms with Gasteiger partial charge in [-0.05, 0) is 19.9 Å². The third-order valence-electron chi connectivity index (χ3n) is 2.03. The van der Waals surface area contributed by atoms with Crippen LogP contribution in [-0.2, 0) is 14.6 Å². The van der Waals surface area contributed by atoms with Crippen molar-refractivity contribution in [2.75, 3.05) is 19.1 Å². The number of sulfone groups is 1. The average Bonchev–Trinajstić information content (AvgIpc) is 1.97. The molecular weight excluding hydrogens is 202 g/mol. The molecule has 0 aliphatic carbocycles. The van der Waals surface area contributed by atoms with Gasteiger partial charge in [-0.15, -0.1) is 0 Å². The summed E-state index contributed by atoms with van der Waals surface area (Å²) in [5.74, 6) is -0.338. The quantitative estimate of drug-likeness (QED) is 0.645. The van der Waals surface area contributed by atoms with E-state index in [2.05, 4.69) is 6.58 Å². The van der Waals surface area contributed by atoms with E-state index in [4.69, 9.17) is 0 Å². The number of nitrogens with zero attached hydrogens (tertiary/aromatic N) is 1. The van der Waals surface area contributed by atoms with Crippen molar-refractivity contribution >= 4 is 15.7 Å². The summed E-state index contributed by atoms with van der Waals surface area (Å²) in [7, 11) is -1.53. The van der Waals surface area contributed by atoms with Gasteiger partial charge in [0.05, 0.1) is 11.3 Å². The van der Waals surface area contributed by atoms with Crippen molar-refractivity contribution in [3.05, 3.63) is 12.7 Å². The Hall–Kier alpha value is -0.840. The molecular formula is C9H17NO3S. The number of likely N-dealkylation sites (N-methyl/N-ethyl adjacent to an activating group) is 1. The molecule has 0 aromatic carbocycles. The van der Waals surface area contributed by atoms with Crippen LogP contribution in [0.25, 0.3) is 0 Å². The summed E-state index contributed by atoms with van der Waals surface area (Å²) in [6, 6.07) is 0. The fraction of sp³-hybridized carbons (Fsp3) is 0.667. The van der Waals surface area contributed by atoms with Crippen LogP contribution in [0.4, 0.5) is 0 Å². The van der Waals surface area contributed by atoms with Gasteiger partial charge in [-0.25, -0.2) is 8.42 Å². The molecule has 0 heterocycles. The van der Waals surface area contributed by atoms with Gasteiger partial charge in [-0.3, -0.25) is 4.79 Å². The van der Waals surface area contributed by atoms with Crippen molar-refractivity contribution in [1.29, 1.82) is 0 Å². The van der Waals surface area contributed by atoms with Crippen LogP contribution in [0.3, 0.4) is 0 Å². The molecule has 4 nitrogen and oxygen atoms in total. The van der Waals surface area contributed by atoms with E-state index in [1.807, 2.05) is 0 Å². The highest BCUT2D eigenvalue weighted by Gasteiger charge is 2.30. The fourth-order valence-corrected chi connectivity index (χ4v) is 2.65. The van der Waals surface area contributed by atoms with E-state index in [0.717, 1.165) is 6.26 Å². The zero-order valence-corrected chi connectivity index (χ0v) is 9.89. The summed E-state index contributed by atoms with van der Waals surface area (Å²) in [5.41, 5.74) is -0.709. The Morgan fingerprint density at radius 1 is 1.50 bits per heavy atom. The highest BCUT2D eigenvalue weighted by Crippen LogP contribution is 2.15. The second-order valence-corrected chi connectivity index (χ2v) is 6.12. The molecule has 0 aromatic rings. The lowest BCUT2D eigenvalue weighted by molar-refractivity contribution is -0.128. The number of carbonyl (C=O) groups excluding carboxylic acids is 1. The van der Waals surface area contributed by atoms with Crippen molar-refractivity contribution < 1.29 is 13.2 Å². The van der Waals surface area contributed by atoms with Crippen molar-refractivity contribution in [1.82, 2.24) is 4.90 Å². The Labute approximate surface area is 85.5 Å². The number of amides is 1. The standard InChI is InChI=1S/C9H17NO3S/c1-6-8(11)10(4)9(2,3)7-14(5,12)13/h6H,1,7H2,2-5H3. The van der Waals surface area contributed by atoms with Crippen LogP contribution in [-0.4, -0.2) is 43.8 Å². The summed E-state index contributed by atoms with van der Waals surface area (Å²) in [4.78, 5) is 12.6. The van der Waals surface area contributed by atoms with Gasteiger partial charge >= 0.3 is 0 Å². The van der Waals surface area contributed by atoms with E-state index in [0.29, 0.717) is 0 Å². The molecule has 0 saturated heterocycles. The molecule has 0 unspecified atom stereocenters. The van der Waals surface area contributed by atoms with Crippen molar-refractivity contribution in [3.63, 3.8) is 0 Å². The number of hydrogen-bond acceptors (Lipinski definition) is 3. The summed E-state index contributed by atoms with van der Waals surface area (Å²) < 4.78 is 22.2. The van der Waals surface area contributed by atoms with Crippen LogP contribution < -0.4 is 0 Å². The SMILES string of the molecule is C=CC(=O)N(C)C(C)(C)CS(C)(=O)=O. The maximum absolute atomic E-state index is 11.3. The van der Waals surface area contributed by atoms with E-state index in [1.165, 1.54) is 11.0 Å². The molecule has 0 atom stereocenters. The minimum Gasteiger partial charge on any atom is -0.336 e. The molecule has 0 bridgehead atoms. The first-order chi connectivity index (χ1) is 6.10. The van der Waals surface area contributed by atoms with Gasteiger partial charge in [0.1, 0.15) is 9.84 Å². The molecule has 0 aliphatic heterocycles. The lowest BCUT2D eigenvalue weighted by Gasteiger charge is -2.34. The highest BCUT2D eigenvalue weighted by molar-refractivity contribution is 7.90. The second-order valence-electron chi connectivity index (χ2n) is 3.98. The third-order valence-corrected chi connectivity index (χ3v) is 3.26. The first kappa shape index (κ1) is 13.2. The van der Waals surface area contributed by atoms with Crippen LogP contribution >= 0.6 is 0 Å². The molecule has 5 heteroatoms. The van der Waals surface area contributed by atoms with Crippen molar-refractivity contribution in [2.45, 2.75) is 19.4 Å². The summed E-state index contributed by atoms with van der Waals surface area (Å²) in [6.45, 7) is 6.76. The van der Waals surface area contributed by atoms with Gasteiger partial charge < -0.3 is 4.90 Å². The van der Waals surface area contributed by atoms with Crippen LogP contribution in [0.15, 0.2) is 12.7 Å². The maximum atomic E-state index is 11.3. The Bertz CT molecular complexity index is 330. The Morgan fingerprint density at radius 2 is 1.93 bits per heavy atom. The van der Waals surface area contributed by atoms with Gasteiger partial charge in [0.15, 0.2) is 0 Å².